The Balaban J connectivity index is 0. The van der Waals surface area contributed by atoms with Crippen LogP contribution in [0.4, 0.5) is 0 Å². The summed E-state index contributed by atoms with van der Waals surface area (Å²) in [7, 11) is 0. The lowest BCUT2D eigenvalue weighted by molar-refractivity contribution is 1.09. The molecule has 0 aliphatic heterocycles. The van der Waals surface area contributed by atoms with E-state index in [9.17, 15) is 0 Å². The van der Waals surface area contributed by atoms with Gasteiger partial charge in [-0.05, 0) is 6.92 Å². The van der Waals surface area contributed by atoms with Crippen molar-refractivity contribution in [2.45, 2.75) is 27.2 Å². The molecule has 0 unspecified atom stereocenters. The number of hydrogen-bond donors (Lipinski definition) is 0. The highest BCUT2D eigenvalue weighted by Gasteiger charge is 1.35. The van der Waals surface area contributed by atoms with Gasteiger partial charge < -0.3 is 0 Å². The van der Waals surface area contributed by atoms with Gasteiger partial charge in [-0.25, -0.2) is 0 Å². The molecule has 0 N–H and O–H groups in total. The molecular weight excluding hydrogens is 72.1 g/mol. The van der Waals surface area contributed by atoms with Crippen molar-refractivity contribution in [3.63, 3.8) is 0 Å². The Labute approximate surface area is 40.9 Å². The smallest absolute Gasteiger partial charge is 0.0473 e. The predicted molar refractivity (Wildman–Crippen MR) is 31.8 cm³/mol. The second-order valence-electron chi connectivity index (χ2n) is 1.12. The molecule has 0 rings (SSSR count). The summed E-state index contributed by atoms with van der Waals surface area (Å²) in [5, 5.41) is 0. The third-order valence-electron chi connectivity index (χ3n) is 0. The van der Waals surface area contributed by atoms with E-state index < -0.39 is 0 Å². The van der Waals surface area contributed by atoms with Crippen LogP contribution in [0.15, 0.2) is 12.7 Å². The van der Waals surface area contributed by atoms with E-state index >= 15 is 0 Å². The van der Waals surface area contributed by atoms with Crippen LogP contribution in [0.5, 0.6) is 0 Å². The molecule has 0 atom stereocenters. The van der Waals surface area contributed by atoms with Crippen molar-refractivity contribution < 1.29 is 0 Å². The summed E-state index contributed by atoms with van der Waals surface area (Å²) < 4.78 is 0. The highest BCUT2D eigenvalue weighted by Crippen LogP contribution is 1.56. The van der Waals surface area contributed by atoms with Crippen molar-refractivity contribution in [3.05, 3.63) is 12.7 Å². The van der Waals surface area contributed by atoms with E-state index in [2.05, 4.69) is 20.4 Å². The molecular formula is C6H14. The summed E-state index contributed by atoms with van der Waals surface area (Å²) in [6, 6.07) is 0. The lowest BCUT2D eigenvalue weighted by Crippen LogP contribution is -1.27. The molecule has 0 heterocycles. The van der Waals surface area contributed by atoms with Crippen molar-refractivity contribution in [3.8, 4) is 0 Å². The fraction of sp³-hybridized carbons (Fsp3) is 0.667. The van der Waals surface area contributed by atoms with Crippen molar-refractivity contribution in [1.82, 2.24) is 0 Å². The molecule has 0 bridgehead atoms. The molecule has 0 fully saturated rings. The number of rotatable bonds is 0. The Hall–Kier alpha value is -0.260. The molecule has 0 aliphatic rings. The van der Waals surface area contributed by atoms with Gasteiger partial charge in [-0.2, -0.15) is 0 Å². The summed E-state index contributed by atoms with van der Waals surface area (Å²) in [4.78, 5) is 0. The lowest BCUT2D eigenvalue weighted by atomic mass is 10.6. The molecule has 0 aliphatic carbocycles. The van der Waals surface area contributed by atoms with Crippen LogP contribution < -0.4 is 0 Å². The van der Waals surface area contributed by atoms with Crippen LogP contribution in [0.2, 0.25) is 0 Å². The van der Waals surface area contributed by atoms with Crippen LogP contribution in [0.25, 0.3) is 0 Å². The third-order valence-corrected chi connectivity index (χ3v) is 0. The molecule has 0 aromatic carbocycles. The second kappa shape index (κ2) is 21.9. The highest BCUT2D eigenvalue weighted by atomic mass is 13.4. The maximum Gasteiger partial charge on any atom is -0.0473 e. The summed E-state index contributed by atoms with van der Waals surface area (Å²) in [6.45, 7) is 9.50. The topological polar surface area (TPSA) is 0 Å². The minimum atomic E-state index is 1.25. The first-order valence-corrected chi connectivity index (χ1v) is 2.40. The highest BCUT2D eigenvalue weighted by molar-refractivity contribution is 4.51. The number of allylic oxidation sites excluding steroid dienone is 1. The lowest BCUT2D eigenvalue weighted by Gasteiger charge is -1.48. The van der Waals surface area contributed by atoms with Gasteiger partial charge in [-0.3, -0.25) is 0 Å². The van der Waals surface area contributed by atoms with Crippen molar-refractivity contribution in [2.75, 3.05) is 0 Å². The van der Waals surface area contributed by atoms with Gasteiger partial charge in [0.25, 0.3) is 0 Å². The van der Waals surface area contributed by atoms with E-state index in [1.54, 1.807) is 6.08 Å². The van der Waals surface area contributed by atoms with Crippen molar-refractivity contribution >= 4 is 0 Å². The molecule has 0 saturated carbocycles. The average Bonchev–Trinajstić information content (AvgIpc) is 1.39. The largest absolute Gasteiger partial charge is 0.103 e. The van der Waals surface area contributed by atoms with Crippen LogP contribution in [-0.2, 0) is 0 Å². The first kappa shape index (κ1) is 9.22. The molecule has 0 spiro atoms. The average molecular weight is 86.2 g/mol. The zero-order valence-corrected chi connectivity index (χ0v) is 4.99. The molecule has 0 aromatic heterocycles. The Morgan fingerprint density at radius 2 is 1.50 bits per heavy atom. The molecule has 38 valence electrons. The Bertz CT molecular complexity index is 14.0. The Morgan fingerprint density at radius 1 is 1.50 bits per heavy atom. The SMILES string of the molecule is C=CC.CCC. The van der Waals surface area contributed by atoms with E-state index in [4.69, 9.17) is 0 Å². The number of hydrogen-bond acceptors (Lipinski definition) is 0. The molecule has 0 radical (unpaired) electrons. The monoisotopic (exact) mass is 86.1 g/mol. The minimum Gasteiger partial charge on any atom is -0.103 e. The Morgan fingerprint density at radius 3 is 1.50 bits per heavy atom. The molecule has 0 nitrogen and oxygen atoms in total. The van der Waals surface area contributed by atoms with Crippen molar-refractivity contribution in [2.24, 2.45) is 0 Å². The molecule has 0 saturated heterocycles. The van der Waals surface area contributed by atoms with E-state index in [0.29, 0.717) is 0 Å². The van der Waals surface area contributed by atoms with Gasteiger partial charge in [0.1, 0.15) is 0 Å². The maximum atomic E-state index is 3.36. The zero-order valence-electron chi connectivity index (χ0n) is 4.99. The first-order chi connectivity index (χ1) is 2.83. The van der Waals surface area contributed by atoms with E-state index in [-0.39, 0.29) is 0 Å². The van der Waals surface area contributed by atoms with Gasteiger partial charge in [-0.1, -0.05) is 26.3 Å². The predicted octanol–water partition coefficient (Wildman–Crippen LogP) is 2.61. The molecule has 6 heavy (non-hydrogen) atoms. The van der Waals surface area contributed by atoms with Gasteiger partial charge in [0.2, 0.25) is 0 Å². The summed E-state index contributed by atoms with van der Waals surface area (Å²) in [5.41, 5.74) is 0. The van der Waals surface area contributed by atoms with Crippen molar-refractivity contribution in [1.29, 1.82) is 0 Å². The van der Waals surface area contributed by atoms with Gasteiger partial charge in [0.15, 0.2) is 0 Å². The Kier molecular flexibility index (Phi) is 33.7. The fourth-order valence-corrected chi connectivity index (χ4v) is 0. The summed E-state index contributed by atoms with van der Waals surface area (Å²) in [6.07, 6.45) is 3.00. The third kappa shape index (κ3) is 415. The normalized spacial score (nSPS) is 5.17. The first-order valence-electron chi connectivity index (χ1n) is 2.40. The van der Waals surface area contributed by atoms with E-state index in [1.807, 2.05) is 6.92 Å². The van der Waals surface area contributed by atoms with Crippen LogP contribution in [-0.4, -0.2) is 0 Å². The van der Waals surface area contributed by atoms with Gasteiger partial charge in [-0.15, -0.1) is 6.58 Å². The van der Waals surface area contributed by atoms with Gasteiger partial charge in [0, 0.05) is 0 Å². The van der Waals surface area contributed by atoms with Gasteiger partial charge >= 0.3 is 0 Å². The van der Waals surface area contributed by atoms with Crippen LogP contribution in [0, 0.1) is 0 Å². The molecule has 0 aromatic rings. The van der Waals surface area contributed by atoms with Crippen LogP contribution >= 0.6 is 0 Å². The minimum absolute atomic E-state index is 1.25. The molecule has 0 heteroatoms. The summed E-state index contributed by atoms with van der Waals surface area (Å²) >= 11 is 0. The second-order valence-corrected chi connectivity index (χ2v) is 1.12. The quantitative estimate of drug-likeness (QED) is 0.397. The van der Waals surface area contributed by atoms with E-state index in [1.165, 1.54) is 6.42 Å². The van der Waals surface area contributed by atoms with Crippen LogP contribution in [0.3, 0.4) is 0 Å². The van der Waals surface area contributed by atoms with Crippen LogP contribution in [0.1, 0.15) is 27.2 Å². The molecule has 0 amide bonds. The standard InChI is InChI=1S/C3H8.C3H6/c2*1-3-2/h3H2,1-2H3;3H,1H2,2H3. The van der Waals surface area contributed by atoms with E-state index in [0.717, 1.165) is 0 Å². The maximum absolute atomic E-state index is 3.36. The zero-order chi connectivity index (χ0) is 5.41. The fourth-order valence-electron chi connectivity index (χ4n) is 0. The summed E-state index contributed by atoms with van der Waals surface area (Å²) in [5.74, 6) is 0. The van der Waals surface area contributed by atoms with Gasteiger partial charge in [0.05, 0.1) is 0 Å².